The lowest BCUT2D eigenvalue weighted by molar-refractivity contribution is -0.137. The van der Waals surface area contributed by atoms with Crippen LogP contribution in [0, 0.1) is 25.2 Å². The van der Waals surface area contributed by atoms with Gasteiger partial charge in [0, 0.05) is 41.6 Å². The molecule has 0 fully saturated rings. The number of hydrogen-bond acceptors (Lipinski definition) is 6. The number of ether oxygens (including phenoxy) is 1. The third-order valence-corrected chi connectivity index (χ3v) is 6.02. The largest absolute Gasteiger partial charge is 0.453 e. The van der Waals surface area contributed by atoms with E-state index in [1.807, 2.05) is 80.7 Å². The molecule has 0 aliphatic heterocycles. The lowest BCUT2D eigenvalue weighted by Gasteiger charge is -2.11. The molecular formula is C25H25N3O3S. The predicted octanol–water partition coefficient (Wildman–Crippen LogP) is 4.61. The molecule has 0 unspecified atom stereocenters. The van der Waals surface area contributed by atoms with Crippen LogP contribution in [0.25, 0.3) is 6.08 Å². The lowest BCUT2D eigenvalue weighted by Crippen LogP contribution is -2.16. The fraction of sp³-hybridized carbons (Fsp3) is 0.240. The minimum absolute atomic E-state index is 0.154. The monoisotopic (exact) mass is 447 g/mol. The zero-order valence-corrected chi connectivity index (χ0v) is 19.4. The maximum atomic E-state index is 12.7. The van der Waals surface area contributed by atoms with Gasteiger partial charge in [-0.1, -0.05) is 18.2 Å². The smallest absolute Gasteiger partial charge is 0.349 e. The van der Waals surface area contributed by atoms with Crippen molar-refractivity contribution in [3.8, 4) is 6.07 Å². The van der Waals surface area contributed by atoms with Crippen LogP contribution in [0.2, 0.25) is 0 Å². The normalized spacial score (nSPS) is 11.2. The molecule has 0 saturated heterocycles. The van der Waals surface area contributed by atoms with Gasteiger partial charge >= 0.3 is 5.97 Å². The van der Waals surface area contributed by atoms with Crippen molar-refractivity contribution in [1.29, 1.82) is 5.26 Å². The number of benzene rings is 1. The van der Waals surface area contributed by atoms with Crippen LogP contribution in [0.5, 0.6) is 0 Å². The molecule has 1 aromatic carbocycles. The van der Waals surface area contributed by atoms with Crippen molar-refractivity contribution >= 4 is 34.9 Å². The molecule has 3 aromatic rings. The van der Waals surface area contributed by atoms with Crippen molar-refractivity contribution in [2.75, 3.05) is 25.6 Å². The number of aromatic nitrogens is 1. The molecule has 0 atom stereocenters. The maximum Gasteiger partial charge on any atom is 0.349 e. The number of aryl methyl sites for hydroxylation is 1. The topological polar surface area (TPSA) is 75.3 Å². The van der Waals surface area contributed by atoms with Gasteiger partial charge in [-0.2, -0.15) is 5.26 Å². The first-order valence-corrected chi connectivity index (χ1v) is 11.0. The standard InChI is InChI=1S/C25H25N3O3S/c1-17-12-23(18(2)28(17)15-22-6-5-11-32-22)24(29)16-31-25(30)20(14-26)13-19-7-9-21(10-8-19)27(3)4/h5-13H,15-16H2,1-4H3. The number of Topliss-reactive ketones (excluding diaryl/α,β-unsaturated/α-hetero) is 1. The van der Waals surface area contributed by atoms with Gasteiger partial charge in [-0.25, -0.2) is 4.79 Å². The summed E-state index contributed by atoms with van der Waals surface area (Å²) in [5.41, 5.74) is 3.86. The molecule has 7 heteroatoms. The molecule has 6 nitrogen and oxygen atoms in total. The third kappa shape index (κ3) is 5.34. The first-order chi connectivity index (χ1) is 15.3. The van der Waals surface area contributed by atoms with E-state index in [9.17, 15) is 14.9 Å². The van der Waals surface area contributed by atoms with Crippen LogP contribution in [0.4, 0.5) is 5.69 Å². The van der Waals surface area contributed by atoms with Gasteiger partial charge in [0.1, 0.15) is 11.6 Å². The Labute approximate surface area is 192 Å². The highest BCUT2D eigenvalue weighted by molar-refractivity contribution is 7.09. The third-order valence-electron chi connectivity index (χ3n) is 5.16. The van der Waals surface area contributed by atoms with Gasteiger partial charge in [-0.3, -0.25) is 4.79 Å². The lowest BCUT2D eigenvalue weighted by atomic mass is 10.1. The van der Waals surface area contributed by atoms with Gasteiger partial charge in [-0.05, 0) is 55.1 Å². The maximum absolute atomic E-state index is 12.7. The molecule has 0 amide bonds. The number of rotatable bonds is 8. The van der Waals surface area contributed by atoms with Crippen LogP contribution in [-0.2, 0) is 16.1 Å². The number of esters is 1. The Kier molecular flexibility index (Phi) is 7.29. The number of ketones is 1. The molecule has 3 rings (SSSR count). The summed E-state index contributed by atoms with van der Waals surface area (Å²) in [5, 5.41) is 11.4. The quantitative estimate of drug-likeness (QED) is 0.218. The average Bonchev–Trinajstić information content (AvgIpc) is 3.39. The Balaban J connectivity index is 1.67. The van der Waals surface area contributed by atoms with Crippen molar-refractivity contribution in [2.24, 2.45) is 0 Å². The fourth-order valence-corrected chi connectivity index (χ4v) is 4.04. The van der Waals surface area contributed by atoms with E-state index in [1.54, 1.807) is 11.3 Å². The molecule has 0 aliphatic rings. The van der Waals surface area contributed by atoms with Crippen molar-refractivity contribution in [3.05, 3.63) is 80.8 Å². The van der Waals surface area contributed by atoms with E-state index < -0.39 is 12.6 Å². The summed E-state index contributed by atoms with van der Waals surface area (Å²) >= 11 is 1.66. The first-order valence-electron chi connectivity index (χ1n) is 10.1. The average molecular weight is 448 g/mol. The molecular weight excluding hydrogens is 422 g/mol. The summed E-state index contributed by atoms with van der Waals surface area (Å²) in [6.07, 6.45) is 1.46. The van der Waals surface area contributed by atoms with E-state index >= 15 is 0 Å². The van der Waals surface area contributed by atoms with Crippen LogP contribution in [0.3, 0.4) is 0 Å². The van der Waals surface area contributed by atoms with E-state index in [-0.39, 0.29) is 11.4 Å². The molecule has 0 aliphatic carbocycles. The molecule has 0 saturated carbocycles. The molecule has 32 heavy (non-hydrogen) atoms. The number of carbonyl (C=O) groups is 2. The highest BCUT2D eigenvalue weighted by Crippen LogP contribution is 2.20. The number of nitrogens with zero attached hydrogens (tertiary/aromatic N) is 3. The minimum atomic E-state index is -0.815. The molecule has 0 bridgehead atoms. The summed E-state index contributed by atoms with van der Waals surface area (Å²) in [4.78, 5) is 28.2. The van der Waals surface area contributed by atoms with Crippen LogP contribution in [0.15, 0.2) is 53.4 Å². The number of hydrogen-bond donors (Lipinski definition) is 0. The van der Waals surface area contributed by atoms with E-state index in [0.717, 1.165) is 17.1 Å². The number of thiophene rings is 1. The Bertz CT molecular complexity index is 1180. The molecule has 2 heterocycles. The van der Waals surface area contributed by atoms with Crippen LogP contribution in [0.1, 0.15) is 32.2 Å². The van der Waals surface area contributed by atoms with Crippen LogP contribution >= 0.6 is 11.3 Å². The zero-order valence-electron chi connectivity index (χ0n) is 18.6. The van der Waals surface area contributed by atoms with Crippen molar-refractivity contribution in [3.63, 3.8) is 0 Å². The minimum Gasteiger partial charge on any atom is -0.453 e. The molecule has 164 valence electrons. The Hall–Kier alpha value is -3.63. The van der Waals surface area contributed by atoms with Crippen molar-refractivity contribution in [1.82, 2.24) is 4.57 Å². The number of anilines is 1. The molecule has 2 aromatic heterocycles. The van der Waals surface area contributed by atoms with Gasteiger partial charge in [0.2, 0.25) is 5.78 Å². The Morgan fingerprint density at radius 2 is 1.91 bits per heavy atom. The SMILES string of the molecule is Cc1cc(C(=O)COC(=O)C(C#N)=Cc2ccc(N(C)C)cc2)c(C)n1Cc1cccs1. The summed E-state index contributed by atoms with van der Waals surface area (Å²) in [6.45, 7) is 4.10. The number of nitriles is 1. The Morgan fingerprint density at radius 1 is 1.19 bits per heavy atom. The molecule has 0 radical (unpaired) electrons. The highest BCUT2D eigenvalue weighted by Gasteiger charge is 2.19. The second kappa shape index (κ2) is 10.1. The van der Waals surface area contributed by atoms with Gasteiger partial charge in [0.25, 0.3) is 0 Å². The Morgan fingerprint density at radius 3 is 2.50 bits per heavy atom. The predicted molar refractivity (Wildman–Crippen MR) is 127 cm³/mol. The van der Waals surface area contributed by atoms with Crippen LogP contribution in [-0.4, -0.2) is 37.0 Å². The van der Waals surface area contributed by atoms with Gasteiger partial charge in [0.15, 0.2) is 6.61 Å². The fourth-order valence-electron chi connectivity index (χ4n) is 3.34. The van der Waals surface area contributed by atoms with Crippen LogP contribution < -0.4 is 4.90 Å². The van der Waals surface area contributed by atoms with Gasteiger partial charge in [0.05, 0.1) is 6.54 Å². The summed E-state index contributed by atoms with van der Waals surface area (Å²) in [6, 6.07) is 15.1. The zero-order chi connectivity index (χ0) is 23.3. The summed E-state index contributed by atoms with van der Waals surface area (Å²) < 4.78 is 7.23. The van der Waals surface area contributed by atoms with E-state index in [4.69, 9.17) is 4.74 Å². The van der Waals surface area contributed by atoms with Gasteiger partial charge in [-0.15, -0.1) is 11.3 Å². The van der Waals surface area contributed by atoms with Crippen molar-refractivity contribution in [2.45, 2.75) is 20.4 Å². The van der Waals surface area contributed by atoms with E-state index in [0.29, 0.717) is 17.7 Å². The molecule has 0 spiro atoms. The van der Waals surface area contributed by atoms with E-state index in [2.05, 4.69) is 10.6 Å². The number of carbonyl (C=O) groups excluding carboxylic acids is 2. The second-order valence-electron chi connectivity index (χ2n) is 7.61. The molecule has 0 N–H and O–H groups in total. The second-order valence-corrected chi connectivity index (χ2v) is 8.64. The van der Waals surface area contributed by atoms with Gasteiger partial charge < -0.3 is 14.2 Å². The van der Waals surface area contributed by atoms with Crippen molar-refractivity contribution < 1.29 is 14.3 Å². The first kappa shape index (κ1) is 23.0. The summed E-state index contributed by atoms with van der Waals surface area (Å²) in [7, 11) is 3.86. The highest BCUT2D eigenvalue weighted by atomic mass is 32.1. The van der Waals surface area contributed by atoms with E-state index in [1.165, 1.54) is 11.0 Å². The summed E-state index contributed by atoms with van der Waals surface area (Å²) in [5.74, 6) is -1.11.